The number of aliphatic hydroxyl groups excluding tert-OH is 1. The summed E-state index contributed by atoms with van der Waals surface area (Å²) in [5.74, 6) is 0.165. The van der Waals surface area contributed by atoms with Crippen LogP contribution < -0.4 is 4.90 Å². The van der Waals surface area contributed by atoms with Gasteiger partial charge in [0.15, 0.2) is 0 Å². The van der Waals surface area contributed by atoms with Crippen molar-refractivity contribution in [1.29, 1.82) is 0 Å². The zero-order valence-electron chi connectivity index (χ0n) is 10.3. The lowest BCUT2D eigenvalue weighted by molar-refractivity contribution is 0.280. The molecule has 18 heavy (non-hydrogen) atoms. The topological polar surface area (TPSA) is 49.2 Å². The van der Waals surface area contributed by atoms with Gasteiger partial charge in [-0.3, -0.25) is 0 Å². The summed E-state index contributed by atoms with van der Waals surface area (Å²) < 4.78 is 13.1. The number of aryl methyl sites for hydroxylation is 1. The third-order valence-electron chi connectivity index (χ3n) is 2.73. The van der Waals surface area contributed by atoms with Gasteiger partial charge in [-0.25, -0.2) is 14.4 Å². The van der Waals surface area contributed by atoms with Gasteiger partial charge in [0.2, 0.25) is 5.95 Å². The van der Waals surface area contributed by atoms with Crippen molar-refractivity contribution in [2.75, 3.05) is 11.9 Å². The summed E-state index contributed by atoms with van der Waals surface area (Å²) in [6.07, 6.45) is 1.58. The van der Waals surface area contributed by atoms with E-state index in [1.165, 1.54) is 12.1 Å². The van der Waals surface area contributed by atoms with E-state index in [1.807, 2.05) is 0 Å². The first kappa shape index (κ1) is 12.4. The molecule has 0 saturated heterocycles. The molecule has 5 heteroatoms. The molecule has 0 aliphatic rings. The first-order valence-electron chi connectivity index (χ1n) is 5.54. The lowest BCUT2D eigenvalue weighted by Gasteiger charge is -2.18. The fourth-order valence-electron chi connectivity index (χ4n) is 1.60. The van der Waals surface area contributed by atoms with Crippen LogP contribution in [0.15, 0.2) is 30.5 Å². The van der Waals surface area contributed by atoms with Crippen molar-refractivity contribution in [2.24, 2.45) is 0 Å². The normalized spacial score (nSPS) is 10.4. The molecule has 0 aliphatic carbocycles. The van der Waals surface area contributed by atoms with Crippen molar-refractivity contribution in [1.82, 2.24) is 9.97 Å². The number of halogens is 1. The molecule has 0 amide bonds. The Morgan fingerprint density at radius 3 is 2.78 bits per heavy atom. The maximum absolute atomic E-state index is 13.1. The van der Waals surface area contributed by atoms with Crippen LogP contribution in [0.4, 0.5) is 16.0 Å². The minimum atomic E-state index is -0.303. The third kappa shape index (κ3) is 2.46. The van der Waals surface area contributed by atoms with Crippen LogP contribution in [-0.4, -0.2) is 22.1 Å². The van der Waals surface area contributed by atoms with Crippen molar-refractivity contribution in [3.05, 3.63) is 47.5 Å². The number of anilines is 2. The standard InChI is InChI=1S/C13H14FN3O/c1-9-10(8-18)7-15-13(16-9)17(2)12-5-3-4-11(14)6-12/h3-7,18H,8H2,1-2H3. The summed E-state index contributed by atoms with van der Waals surface area (Å²) >= 11 is 0. The van der Waals surface area contributed by atoms with E-state index in [0.717, 1.165) is 0 Å². The molecule has 0 radical (unpaired) electrons. The third-order valence-corrected chi connectivity index (χ3v) is 2.73. The van der Waals surface area contributed by atoms with Crippen LogP contribution in [0.25, 0.3) is 0 Å². The molecular formula is C13H14FN3O. The first-order valence-corrected chi connectivity index (χ1v) is 5.54. The van der Waals surface area contributed by atoms with E-state index < -0.39 is 0 Å². The average molecular weight is 247 g/mol. The van der Waals surface area contributed by atoms with Gasteiger partial charge in [-0.1, -0.05) is 6.07 Å². The summed E-state index contributed by atoms with van der Waals surface area (Å²) in [4.78, 5) is 10.1. The molecule has 4 nitrogen and oxygen atoms in total. The second kappa shape index (κ2) is 5.10. The van der Waals surface area contributed by atoms with Gasteiger partial charge in [-0.2, -0.15) is 0 Å². The smallest absolute Gasteiger partial charge is 0.229 e. The Bertz CT molecular complexity index is 560. The van der Waals surface area contributed by atoms with Gasteiger partial charge in [-0.15, -0.1) is 0 Å². The minimum absolute atomic E-state index is 0.0875. The Morgan fingerprint density at radius 2 is 2.17 bits per heavy atom. The molecule has 0 unspecified atom stereocenters. The molecule has 0 fully saturated rings. The van der Waals surface area contributed by atoms with Crippen molar-refractivity contribution < 1.29 is 9.50 Å². The maximum Gasteiger partial charge on any atom is 0.229 e. The van der Waals surface area contributed by atoms with Crippen LogP contribution in [0.5, 0.6) is 0 Å². The number of aliphatic hydroxyl groups is 1. The molecule has 0 bridgehead atoms. The SMILES string of the molecule is Cc1nc(N(C)c2cccc(F)c2)ncc1CO. The highest BCUT2D eigenvalue weighted by Crippen LogP contribution is 2.21. The summed E-state index contributed by atoms with van der Waals surface area (Å²) in [6.45, 7) is 1.71. The highest BCUT2D eigenvalue weighted by atomic mass is 19.1. The fourth-order valence-corrected chi connectivity index (χ4v) is 1.60. The highest BCUT2D eigenvalue weighted by Gasteiger charge is 2.09. The van der Waals surface area contributed by atoms with E-state index in [0.29, 0.717) is 22.9 Å². The summed E-state index contributed by atoms with van der Waals surface area (Å²) in [7, 11) is 1.77. The van der Waals surface area contributed by atoms with E-state index in [1.54, 1.807) is 37.2 Å². The number of hydrogen-bond acceptors (Lipinski definition) is 4. The largest absolute Gasteiger partial charge is 0.392 e. The molecule has 94 valence electrons. The van der Waals surface area contributed by atoms with Crippen molar-refractivity contribution in [2.45, 2.75) is 13.5 Å². The van der Waals surface area contributed by atoms with Crippen LogP contribution in [0.1, 0.15) is 11.3 Å². The van der Waals surface area contributed by atoms with Gasteiger partial charge in [0.05, 0.1) is 6.61 Å². The van der Waals surface area contributed by atoms with E-state index in [2.05, 4.69) is 9.97 Å². The molecule has 0 spiro atoms. The minimum Gasteiger partial charge on any atom is -0.392 e. The monoisotopic (exact) mass is 247 g/mol. The number of nitrogens with zero attached hydrogens (tertiary/aromatic N) is 3. The molecule has 2 aromatic rings. The van der Waals surface area contributed by atoms with Crippen molar-refractivity contribution in [3.8, 4) is 0 Å². The maximum atomic E-state index is 13.1. The Morgan fingerprint density at radius 1 is 1.39 bits per heavy atom. The van der Waals surface area contributed by atoms with Crippen molar-refractivity contribution >= 4 is 11.6 Å². The van der Waals surface area contributed by atoms with Crippen LogP contribution in [0.3, 0.4) is 0 Å². The second-order valence-corrected chi connectivity index (χ2v) is 3.98. The van der Waals surface area contributed by atoms with E-state index in [-0.39, 0.29) is 12.4 Å². The van der Waals surface area contributed by atoms with Gasteiger partial charge in [0.1, 0.15) is 5.82 Å². The molecule has 1 heterocycles. The first-order chi connectivity index (χ1) is 8.61. The van der Waals surface area contributed by atoms with Crippen LogP contribution in [0, 0.1) is 12.7 Å². The van der Waals surface area contributed by atoms with Gasteiger partial charge >= 0.3 is 0 Å². The molecule has 0 atom stereocenters. The van der Waals surface area contributed by atoms with Crippen LogP contribution in [-0.2, 0) is 6.61 Å². The van der Waals surface area contributed by atoms with Gasteiger partial charge < -0.3 is 10.0 Å². The molecule has 1 aromatic carbocycles. The number of rotatable bonds is 3. The molecule has 2 rings (SSSR count). The van der Waals surface area contributed by atoms with Crippen LogP contribution in [0.2, 0.25) is 0 Å². The lowest BCUT2D eigenvalue weighted by Crippen LogP contribution is -2.14. The predicted molar refractivity (Wildman–Crippen MR) is 67.2 cm³/mol. The number of benzene rings is 1. The van der Waals surface area contributed by atoms with E-state index >= 15 is 0 Å². The van der Waals surface area contributed by atoms with E-state index in [9.17, 15) is 4.39 Å². The molecule has 0 saturated carbocycles. The van der Waals surface area contributed by atoms with Crippen molar-refractivity contribution in [3.63, 3.8) is 0 Å². The Hall–Kier alpha value is -2.01. The van der Waals surface area contributed by atoms with Gasteiger partial charge in [-0.05, 0) is 25.1 Å². The van der Waals surface area contributed by atoms with Gasteiger partial charge in [0.25, 0.3) is 0 Å². The Balaban J connectivity index is 2.34. The highest BCUT2D eigenvalue weighted by molar-refractivity contribution is 5.56. The summed E-state index contributed by atoms with van der Waals surface area (Å²) in [5, 5.41) is 9.06. The lowest BCUT2D eigenvalue weighted by atomic mass is 10.2. The predicted octanol–water partition coefficient (Wildman–Crippen LogP) is 2.18. The number of hydrogen-bond donors (Lipinski definition) is 1. The van der Waals surface area contributed by atoms with E-state index in [4.69, 9.17) is 5.11 Å². The summed E-state index contributed by atoms with van der Waals surface area (Å²) in [6, 6.07) is 6.22. The Labute approximate surface area is 105 Å². The fraction of sp³-hybridized carbons (Fsp3) is 0.231. The molecule has 0 aliphatic heterocycles. The quantitative estimate of drug-likeness (QED) is 0.903. The molecular weight excluding hydrogens is 233 g/mol. The second-order valence-electron chi connectivity index (χ2n) is 3.98. The Kier molecular flexibility index (Phi) is 3.53. The molecule has 1 N–H and O–H groups in total. The zero-order valence-corrected chi connectivity index (χ0v) is 10.3. The van der Waals surface area contributed by atoms with Crippen LogP contribution >= 0.6 is 0 Å². The number of aromatic nitrogens is 2. The zero-order chi connectivity index (χ0) is 13.1. The summed E-state index contributed by atoms with van der Waals surface area (Å²) in [5.41, 5.74) is 2.07. The van der Waals surface area contributed by atoms with Gasteiger partial charge in [0, 0.05) is 30.2 Å². The average Bonchev–Trinajstić information content (AvgIpc) is 2.37. The molecule has 1 aromatic heterocycles.